The number of ether oxygens (including phenoxy) is 1. The monoisotopic (exact) mass is 309 g/mol. The molecule has 1 fully saturated rings. The lowest BCUT2D eigenvalue weighted by molar-refractivity contribution is -0.174. The van der Waals surface area contributed by atoms with Crippen LogP contribution >= 0.6 is 0 Å². The standard InChI is InChI=1S/C12H18F3N3O3/c1-2-9-16-10(21-17-9)11(19)3-4-18(7-11)5-6-20-8-12(13,14)15/h19H,2-8H2,1H3. The first-order chi connectivity index (χ1) is 9.82. The predicted molar refractivity (Wildman–Crippen MR) is 65.5 cm³/mol. The fourth-order valence-corrected chi connectivity index (χ4v) is 2.20. The zero-order chi connectivity index (χ0) is 15.5. The van der Waals surface area contributed by atoms with Gasteiger partial charge in [-0.25, -0.2) is 0 Å². The number of nitrogens with zero attached hydrogens (tertiary/aromatic N) is 3. The van der Waals surface area contributed by atoms with Gasteiger partial charge in [-0.15, -0.1) is 0 Å². The molecule has 1 aliphatic rings. The Balaban J connectivity index is 1.80. The van der Waals surface area contributed by atoms with Crippen LogP contribution in [0.5, 0.6) is 0 Å². The molecule has 0 spiro atoms. The summed E-state index contributed by atoms with van der Waals surface area (Å²) in [4.78, 5) is 5.92. The summed E-state index contributed by atoms with van der Waals surface area (Å²) in [5.41, 5.74) is -1.23. The Bertz CT molecular complexity index is 466. The van der Waals surface area contributed by atoms with Crippen LogP contribution in [0.25, 0.3) is 0 Å². The van der Waals surface area contributed by atoms with Crippen LogP contribution in [0.1, 0.15) is 25.1 Å². The van der Waals surface area contributed by atoms with Gasteiger partial charge in [0.2, 0.25) is 0 Å². The van der Waals surface area contributed by atoms with E-state index in [1.807, 2.05) is 11.8 Å². The largest absolute Gasteiger partial charge is 0.411 e. The van der Waals surface area contributed by atoms with Gasteiger partial charge in [-0.3, -0.25) is 4.90 Å². The van der Waals surface area contributed by atoms with E-state index in [1.165, 1.54) is 0 Å². The molecule has 0 aliphatic carbocycles. The van der Waals surface area contributed by atoms with Crippen LogP contribution in [0.3, 0.4) is 0 Å². The molecule has 2 heterocycles. The van der Waals surface area contributed by atoms with E-state index in [9.17, 15) is 18.3 Å². The van der Waals surface area contributed by atoms with Crippen molar-refractivity contribution in [1.82, 2.24) is 15.0 Å². The summed E-state index contributed by atoms with van der Waals surface area (Å²) >= 11 is 0. The minimum absolute atomic E-state index is 0.0420. The number of halogens is 3. The van der Waals surface area contributed by atoms with Crippen molar-refractivity contribution in [3.8, 4) is 0 Å². The van der Waals surface area contributed by atoms with Gasteiger partial charge in [0.25, 0.3) is 5.89 Å². The van der Waals surface area contributed by atoms with E-state index in [1.54, 1.807) is 0 Å². The van der Waals surface area contributed by atoms with E-state index in [0.29, 0.717) is 31.8 Å². The molecule has 9 heteroatoms. The summed E-state index contributed by atoms with van der Waals surface area (Å²) in [6.07, 6.45) is -3.31. The third-order valence-corrected chi connectivity index (χ3v) is 3.33. The first-order valence-electron chi connectivity index (χ1n) is 6.75. The third kappa shape index (κ3) is 4.39. The minimum Gasteiger partial charge on any atom is -0.379 e. The van der Waals surface area contributed by atoms with E-state index in [-0.39, 0.29) is 19.0 Å². The van der Waals surface area contributed by atoms with E-state index in [4.69, 9.17) is 4.52 Å². The molecule has 1 unspecified atom stereocenters. The van der Waals surface area contributed by atoms with Gasteiger partial charge in [-0.05, 0) is 6.42 Å². The molecule has 0 saturated carbocycles. The molecule has 1 aromatic rings. The highest BCUT2D eigenvalue weighted by Gasteiger charge is 2.42. The minimum atomic E-state index is -4.31. The molecule has 1 aliphatic heterocycles. The second-order valence-electron chi connectivity index (χ2n) is 5.09. The third-order valence-electron chi connectivity index (χ3n) is 3.33. The summed E-state index contributed by atoms with van der Waals surface area (Å²) in [5, 5.41) is 14.2. The van der Waals surface area contributed by atoms with E-state index in [2.05, 4.69) is 14.9 Å². The molecule has 2 rings (SSSR count). The average Bonchev–Trinajstić information content (AvgIpc) is 3.01. The van der Waals surface area contributed by atoms with Gasteiger partial charge in [0.1, 0.15) is 6.61 Å². The van der Waals surface area contributed by atoms with Crippen LogP contribution in [0.2, 0.25) is 0 Å². The van der Waals surface area contributed by atoms with Crippen molar-refractivity contribution < 1.29 is 27.5 Å². The number of alkyl halides is 3. The summed E-state index contributed by atoms with van der Waals surface area (Å²) in [6, 6.07) is 0. The lowest BCUT2D eigenvalue weighted by Crippen LogP contribution is -2.33. The molecule has 0 bridgehead atoms. The summed E-state index contributed by atoms with van der Waals surface area (Å²) in [5.74, 6) is 0.684. The van der Waals surface area contributed by atoms with E-state index in [0.717, 1.165) is 0 Å². The number of likely N-dealkylation sites (tertiary alicyclic amines) is 1. The second-order valence-corrected chi connectivity index (χ2v) is 5.09. The van der Waals surface area contributed by atoms with Gasteiger partial charge in [-0.1, -0.05) is 12.1 Å². The lowest BCUT2D eigenvalue weighted by Gasteiger charge is -2.19. The van der Waals surface area contributed by atoms with Crippen LogP contribution in [-0.4, -0.2) is 59.2 Å². The lowest BCUT2D eigenvalue weighted by atomic mass is 10.0. The van der Waals surface area contributed by atoms with E-state index >= 15 is 0 Å². The van der Waals surface area contributed by atoms with Crippen molar-refractivity contribution in [2.75, 3.05) is 32.8 Å². The molecule has 1 saturated heterocycles. The zero-order valence-corrected chi connectivity index (χ0v) is 11.7. The quantitative estimate of drug-likeness (QED) is 0.794. The molecule has 120 valence electrons. The first-order valence-corrected chi connectivity index (χ1v) is 6.75. The highest BCUT2D eigenvalue weighted by Crippen LogP contribution is 2.30. The number of β-amino-alcohol motifs (C(OH)–C–C–N with tert-alkyl or cyclic N) is 1. The Kier molecular flexibility index (Phi) is 4.84. The number of aliphatic hydroxyl groups is 1. The van der Waals surface area contributed by atoms with Gasteiger partial charge < -0.3 is 14.4 Å². The predicted octanol–water partition coefficient (Wildman–Crippen LogP) is 1.10. The SMILES string of the molecule is CCc1noc(C2(O)CCN(CCOCC(F)(F)F)C2)n1. The van der Waals surface area contributed by atoms with Crippen molar-refractivity contribution in [1.29, 1.82) is 0 Å². The molecule has 1 aromatic heterocycles. The van der Waals surface area contributed by atoms with Gasteiger partial charge in [0.05, 0.1) is 6.61 Å². The Morgan fingerprint density at radius 1 is 1.48 bits per heavy atom. The van der Waals surface area contributed by atoms with Crippen molar-refractivity contribution in [2.24, 2.45) is 0 Å². The fraction of sp³-hybridized carbons (Fsp3) is 0.833. The second kappa shape index (κ2) is 6.29. The van der Waals surface area contributed by atoms with Crippen LogP contribution in [-0.2, 0) is 16.8 Å². The summed E-state index contributed by atoms with van der Waals surface area (Å²) < 4.78 is 45.4. The van der Waals surface area contributed by atoms with Crippen LogP contribution in [0, 0.1) is 0 Å². The van der Waals surface area contributed by atoms with Crippen molar-refractivity contribution in [3.63, 3.8) is 0 Å². The van der Waals surface area contributed by atoms with Crippen LogP contribution in [0.15, 0.2) is 4.52 Å². The van der Waals surface area contributed by atoms with Crippen molar-refractivity contribution >= 4 is 0 Å². The Morgan fingerprint density at radius 2 is 2.24 bits per heavy atom. The molecular weight excluding hydrogens is 291 g/mol. The molecule has 1 atom stereocenters. The van der Waals surface area contributed by atoms with Crippen LogP contribution < -0.4 is 0 Å². The Morgan fingerprint density at radius 3 is 2.86 bits per heavy atom. The Hall–Kier alpha value is -1.19. The summed E-state index contributed by atoms with van der Waals surface area (Å²) in [7, 11) is 0. The van der Waals surface area contributed by atoms with Gasteiger partial charge >= 0.3 is 6.18 Å². The highest BCUT2D eigenvalue weighted by molar-refractivity contribution is 5.04. The molecule has 6 nitrogen and oxygen atoms in total. The maximum absolute atomic E-state index is 11.9. The van der Waals surface area contributed by atoms with Gasteiger partial charge in [-0.2, -0.15) is 18.2 Å². The fourth-order valence-electron chi connectivity index (χ4n) is 2.20. The highest BCUT2D eigenvalue weighted by atomic mass is 19.4. The number of rotatable bonds is 6. The van der Waals surface area contributed by atoms with Gasteiger partial charge in [0.15, 0.2) is 11.4 Å². The topological polar surface area (TPSA) is 71.6 Å². The Labute approximate surface area is 119 Å². The van der Waals surface area contributed by atoms with Crippen LogP contribution in [0.4, 0.5) is 13.2 Å². The maximum Gasteiger partial charge on any atom is 0.411 e. The molecule has 0 radical (unpaired) electrons. The normalized spacial score (nSPS) is 23.9. The number of hydrogen-bond donors (Lipinski definition) is 1. The number of aryl methyl sites for hydroxylation is 1. The molecular formula is C12H18F3N3O3. The number of hydrogen-bond acceptors (Lipinski definition) is 6. The van der Waals surface area contributed by atoms with E-state index < -0.39 is 18.4 Å². The van der Waals surface area contributed by atoms with Crippen molar-refractivity contribution in [3.05, 3.63) is 11.7 Å². The average molecular weight is 309 g/mol. The van der Waals surface area contributed by atoms with Crippen molar-refractivity contribution in [2.45, 2.75) is 31.5 Å². The summed E-state index contributed by atoms with van der Waals surface area (Å²) in [6.45, 7) is 1.67. The molecule has 0 amide bonds. The molecule has 1 N–H and O–H groups in total. The van der Waals surface area contributed by atoms with Gasteiger partial charge in [0, 0.05) is 26.1 Å². The maximum atomic E-state index is 11.9. The zero-order valence-electron chi connectivity index (χ0n) is 11.7. The first kappa shape index (κ1) is 16.2. The molecule has 21 heavy (non-hydrogen) atoms. The number of aromatic nitrogens is 2. The molecule has 0 aromatic carbocycles. The smallest absolute Gasteiger partial charge is 0.379 e.